The van der Waals surface area contributed by atoms with Crippen LogP contribution in [0, 0.1) is 44.8 Å². The summed E-state index contributed by atoms with van der Waals surface area (Å²) < 4.78 is 11.4. The van der Waals surface area contributed by atoms with Gasteiger partial charge in [-0.2, -0.15) is 10.5 Å². The average Bonchev–Trinajstić information content (AvgIpc) is 2.71. The van der Waals surface area contributed by atoms with E-state index in [2.05, 4.69) is 31.0 Å². The van der Waals surface area contributed by atoms with Gasteiger partial charge in [0.15, 0.2) is 10.8 Å². The Kier molecular flexibility index (Phi) is 2.35. The first kappa shape index (κ1) is 13.4. The lowest BCUT2D eigenvalue weighted by Crippen LogP contribution is -2.90. The zero-order valence-electron chi connectivity index (χ0n) is 12.0. The molecule has 2 aliphatic heterocycles. The fourth-order valence-electron chi connectivity index (χ4n) is 4.63. The molecule has 1 saturated heterocycles. The highest BCUT2D eigenvalue weighted by atomic mass is 16.8. The molecular weight excluding hydrogens is 256 g/mol. The first-order valence-electron chi connectivity index (χ1n) is 6.89. The third-order valence-corrected chi connectivity index (χ3v) is 5.20. The van der Waals surface area contributed by atoms with Gasteiger partial charge in [-0.3, -0.25) is 5.73 Å². The molecule has 6 heteroatoms. The predicted molar refractivity (Wildman–Crippen MR) is 68.4 cm³/mol. The highest BCUT2D eigenvalue weighted by molar-refractivity contribution is 5.94. The van der Waals surface area contributed by atoms with E-state index in [1.165, 1.54) is 0 Å². The average molecular weight is 275 g/mol. The molecule has 0 bridgehead atoms. The van der Waals surface area contributed by atoms with Crippen molar-refractivity contribution in [2.24, 2.45) is 27.9 Å². The molecule has 3 rings (SSSR count). The lowest BCUT2D eigenvalue weighted by atomic mass is 9.84. The predicted octanol–water partition coefficient (Wildman–Crippen LogP) is -0.776. The highest BCUT2D eigenvalue weighted by Gasteiger charge is 3.02. The first-order valence-corrected chi connectivity index (χ1v) is 6.89. The van der Waals surface area contributed by atoms with Gasteiger partial charge in [0.25, 0.3) is 5.84 Å². The van der Waals surface area contributed by atoms with Crippen molar-refractivity contribution in [3.05, 3.63) is 0 Å². The number of nitrogens with one attached hydrogen (secondary N) is 1. The molecule has 20 heavy (non-hydrogen) atoms. The van der Waals surface area contributed by atoms with Crippen molar-refractivity contribution in [1.82, 2.24) is 0 Å². The van der Waals surface area contributed by atoms with Crippen LogP contribution in [0.5, 0.6) is 0 Å². The van der Waals surface area contributed by atoms with Crippen LogP contribution in [0.4, 0.5) is 0 Å². The third kappa shape index (κ3) is 0.963. The van der Waals surface area contributed by atoms with E-state index in [1.807, 2.05) is 6.92 Å². The summed E-state index contributed by atoms with van der Waals surface area (Å²) in [5, 5.41) is 19.7. The smallest absolute Gasteiger partial charge is 0.311 e. The number of nitrogens with two attached hydrogens (primary N) is 1. The monoisotopic (exact) mass is 275 g/mol. The Morgan fingerprint density at radius 1 is 1.30 bits per heavy atom. The number of fused-ring (bicyclic) bond motifs is 2. The van der Waals surface area contributed by atoms with Gasteiger partial charge >= 0.3 is 5.91 Å². The van der Waals surface area contributed by atoms with Crippen LogP contribution in [-0.2, 0) is 9.47 Å². The van der Waals surface area contributed by atoms with Crippen LogP contribution >= 0.6 is 0 Å². The summed E-state index contributed by atoms with van der Waals surface area (Å²) in [4.78, 5) is 2.95. The van der Waals surface area contributed by atoms with Crippen molar-refractivity contribution in [3.8, 4) is 12.1 Å². The number of rotatable bonds is 2. The molecule has 0 radical (unpaired) electrons. The van der Waals surface area contributed by atoms with Crippen molar-refractivity contribution in [2.45, 2.75) is 33.1 Å². The molecule has 6 nitrogen and oxygen atoms in total. The fourth-order valence-corrected chi connectivity index (χ4v) is 4.63. The second-order valence-corrected chi connectivity index (χ2v) is 6.51. The van der Waals surface area contributed by atoms with Gasteiger partial charge in [-0.15, -0.1) is 0 Å². The molecular formula is C14H19N4O2+. The molecule has 0 amide bonds. The molecule has 1 aliphatic carbocycles. The van der Waals surface area contributed by atoms with Gasteiger partial charge in [0.05, 0.1) is 25.4 Å². The van der Waals surface area contributed by atoms with Gasteiger partial charge in [-0.1, -0.05) is 20.8 Å². The maximum atomic E-state index is 9.89. The van der Waals surface area contributed by atoms with E-state index in [1.54, 1.807) is 0 Å². The summed E-state index contributed by atoms with van der Waals surface area (Å²) >= 11 is 0. The van der Waals surface area contributed by atoms with E-state index in [0.29, 0.717) is 31.4 Å². The fraction of sp³-hybridized carbons (Fsp3) is 0.786. The molecule has 106 valence electrons. The summed E-state index contributed by atoms with van der Waals surface area (Å²) in [5.41, 5.74) is 3.39. The minimum absolute atomic E-state index is 0.298. The third-order valence-electron chi connectivity index (χ3n) is 5.20. The normalized spacial score (nSPS) is 44.0. The van der Waals surface area contributed by atoms with Gasteiger partial charge < -0.3 is 9.47 Å². The summed E-state index contributed by atoms with van der Waals surface area (Å²) in [5.74, 6) is -0.635. The van der Waals surface area contributed by atoms with Crippen LogP contribution < -0.4 is 10.7 Å². The standard InChI is InChI=1S/C14H18N4O2/c1-9(2)6-11(3)12(7-15)10(17)18-14(13(11,12)8-16)19-4-5-20-14/h9H,4-6H2,1-3H3,(H2,17,18)/p+1/t11-,12+,13-/m1/s1. The first-order chi connectivity index (χ1) is 9.37. The van der Waals surface area contributed by atoms with E-state index in [9.17, 15) is 10.5 Å². The zero-order valence-corrected chi connectivity index (χ0v) is 12.0. The second kappa shape index (κ2) is 3.52. The number of amidine groups is 1. The van der Waals surface area contributed by atoms with E-state index >= 15 is 0 Å². The Hall–Kier alpha value is -1.63. The molecule has 3 atom stereocenters. The lowest BCUT2D eigenvalue weighted by Gasteiger charge is -2.27. The second-order valence-electron chi connectivity index (χ2n) is 6.51. The van der Waals surface area contributed by atoms with Crippen molar-refractivity contribution in [1.29, 1.82) is 10.5 Å². The van der Waals surface area contributed by atoms with Crippen LogP contribution in [0.2, 0.25) is 0 Å². The molecule has 2 heterocycles. The molecule has 0 aromatic heterocycles. The highest BCUT2D eigenvalue weighted by Crippen LogP contribution is 2.84. The Bertz CT molecular complexity index is 581. The molecule has 0 aromatic rings. The Morgan fingerprint density at radius 2 is 1.90 bits per heavy atom. The van der Waals surface area contributed by atoms with Gasteiger partial charge in [-0.25, -0.2) is 4.99 Å². The Labute approximate surface area is 118 Å². The number of nitriles is 2. The van der Waals surface area contributed by atoms with Crippen molar-refractivity contribution in [3.63, 3.8) is 0 Å². The van der Waals surface area contributed by atoms with Gasteiger partial charge in [0, 0.05) is 5.41 Å². The minimum atomic E-state index is -1.27. The van der Waals surface area contributed by atoms with Crippen LogP contribution in [0.1, 0.15) is 27.2 Å². The molecule has 0 aromatic carbocycles. The summed E-state index contributed by atoms with van der Waals surface area (Å²) in [6.45, 7) is 6.87. The van der Waals surface area contributed by atoms with Crippen LogP contribution in [-0.4, -0.2) is 25.0 Å². The SMILES string of the molecule is CC(C)C[C@]1(C)[C@]2(C#N)C(N)=[NH+]C3(OCCO3)[C@]12C#N. The Morgan fingerprint density at radius 3 is 2.35 bits per heavy atom. The van der Waals surface area contributed by atoms with E-state index < -0.39 is 22.2 Å². The van der Waals surface area contributed by atoms with E-state index in [0.717, 1.165) is 0 Å². The van der Waals surface area contributed by atoms with Gasteiger partial charge in [0.1, 0.15) is 0 Å². The van der Waals surface area contributed by atoms with Crippen LogP contribution in [0.3, 0.4) is 0 Å². The quantitative estimate of drug-likeness (QED) is 0.688. The topological polar surface area (TPSA) is 106 Å². The van der Waals surface area contributed by atoms with Gasteiger partial charge in [-0.05, 0) is 12.3 Å². The van der Waals surface area contributed by atoms with Crippen LogP contribution in [0.15, 0.2) is 0 Å². The molecule has 1 spiro atoms. The van der Waals surface area contributed by atoms with Gasteiger partial charge in [0.2, 0.25) is 0 Å². The van der Waals surface area contributed by atoms with E-state index in [-0.39, 0.29) is 0 Å². The molecule has 2 fully saturated rings. The van der Waals surface area contributed by atoms with Crippen molar-refractivity contribution in [2.75, 3.05) is 13.2 Å². The summed E-state index contributed by atoms with van der Waals surface area (Å²) in [6, 6.07) is 4.63. The summed E-state index contributed by atoms with van der Waals surface area (Å²) in [7, 11) is 0. The molecule has 1 saturated carbocycles. The van der Waals surface area contributed by atoms with Crippen molar-refractivity contribution >= 4 is 5.84 Å². The summed E-state index contributed by atoms with van der Waals surface area (Å²) in [6.07, 6.45) is 0.713. The molecule has 3 N–H and O–H groups in total. The van der Waals surface area contributed by atoms with Crippen LogP contribution in [0.25, 0.3) is 0 Å². The largest absolute Gasteiger partial charge is 0.343 e. The van der Waals surface area contributed by atoms with E-state index in [4.69, 9.17) is 15.2 Å². The number of hydrogen-bond donors (Lipinski definition) is 2. The zero-order chi connectivity index (χ0) is 14.8. The number of nitrogens with zero attached hydrogens (tertiary/aromatic N) is 2. The number of ether oxygens (including phenoxy) is 2. The molecule has 0 unspecified atom stereocenters. The number of hydrogen-bond acceptors (Lipinski definition) is 5. The molecule has 3 aliphatic rings. The maximum absolute atomic E-state index is 9.89. The Balaban J connectivity index is 2.21. The lowest BCUT2D eigenvalue weighted by molar-refractivity contribution is -0.678. The minimum Gasteiger partial charge on any atom is -0.311 e. The van der Waals surface area contributed by atoms with Crippen molar-refractivity contribution < 1.29 is 14.5 Å². The maximum Gasteiger partial charge on any atom is 0.343 e.